The second-order valence-electron chi connectivity index (χ2n) is 3.12. The van der Waals surface area contributed by atoms with Gasteiger partial charge in [-0.25, -0.2) is 8.42 Å². The van der Waals surface area contributed by atoms with Crippen molar-refractivity contribution in [2.75, 3.05) is 5.73 Å². The minimum atomic E-state index is -3.46. The summed E-state index contributed by atoms with van der Waals surface area (Å²) in [6, 6.07) is 7.56. The SMILES string of the molecule is Nc1ccc(S(=O)(=O)c2cccs2)cc1Cl. The highest BCUT2D eigenvalue weighted by Gasteiger charge is 2.19. The number of nitrogen functional groups attached to an aromatic ring is 1. The molecule has 3 nitrogen and oxygen atoms in total. The number of anilines is 1. The maximum absolute atomic E-state index is 12.1. The lowest BCUT2D eigenvalue weighted by atomic mass is 10.3. The van der Waals surface area contributed by atoms with Gasteiger partial charge in [0, 0.05) is 0 Å². The zero-order chi connectivity index (χ0) is 11.8. The highest BCUT2D eigenvalue weighted by atomic mass is 35.5. The van der Waals surface area contributed by atoms with Gasteiger partial charge in [0.25, 0.3) is 0 Å². The zero-order valence-electron chi connectivity index (χ0n) is 8.05. The molecule has 0 unspecified atom stereocenters. The molecular formula is C10H8ClNO2S2. The third kappa shape index (κ3) is 1.93. The number of sulfone groups is 1. The molecule has 0 aliphatic rings. The molecule has 2 N–H and O–H groups in total. The zero-order valence-corrected chi connectivity index (χ0v) is 10.4. The molecule has 2 rings (SSSR count). The average Bonchev–Trinajstić information content (AvgIpc) is 2.75. The van der Waals surface area contributed by atoms with Crippen LogP contribution in [-0.4, -0.2) is 8.42 Å². The first kappa shape index (κ1) is 11.4. The van der Waals surface area contributed by atoms with Crippen LogP contribution in [0.5, 0.6) is 0 Å². The average molecular weight is 274 g/mol. The van der Waals surface area contributed by atoms with Crippen molar-refractivity contribution < 1.29 is 8.42 Å². The number of hydrogen-bond donors (Lipinski definition) is 1. The Morgan fingerprint density at radius 3 is 2.56 bits per heavy atom. The predicted octanol–water partition coefficient (Wildman–Crippen LogP) is 2.82. The summed E-state index contributed by atoms with van der Waals surface area (Å²) in [6.45, 7) is 0. The summed E-state index contributed by atoms with van der Waals surface area (Å²) in [5, 5.41) is 1.96. The maximum Gasteiger partial charge on any atom is 0.216 e. The van der Waals surface area contributed by atoms with Gasteiger partial charge in [-0.2, -0.15) is 0 Å². The van der Waals surface area contributed by atoms with Crippen LogP contribution in [0.1, 0.15) is 0 Å². The Labute approximate surface area is 102 Å². The Balaban J connectivity index is 2.57. The molecule has 0 amide bonds. The van der Waals surface area contributed by atoms with Crippen LogP contribution in [0.25, 0.3) is 0 Å². The molecule has 0 fully saturated rings. The fourth-order valence-corrected chi connectivity index (χ4v) is 3.87. The minimum Gasteiger partial charge on any atom is -0.398 e. The summed E-state index contributed by atoms with van der Waals surface area (Å²) in [7, 11) is -3.46. The Hall–Kier alpha value is -1.04. The quantitative estimate of drug-likeness (QED) is 0.856. The summed E-state index contributed by atoms with van der Waals surface area (Å²) in [5.41, 5.74) is 5.89. The van der Waals surface area contributed by atoms with Gasteiger partial charge in [-0.05, 0) is 29.6 Å². The van der Waals surface area contributed by atoms with E-state index in [2.05, 4.69) is 0 Å². The molecule has 0 aliphatic heterocycles. The summed E-state index contributed by atoms with van der Waals surface area (Å²) in [4.78, 5) is 0.161. The number of benzene rings is 1. The van der Waals surface area contributed by atoms with Gasteiger partial charge in [0.1, 0.15) is 4.21 Å². The van der Waals surface area contributed by atoms with E-state index >= 15 is 0 Å². The normalized spacial score (nSPS) is 11.6. The molecular weight excluding hydrogens is 266 g/mol. The van der Waals surface area contributed by atoms with E-state index in [1.165, 1.54) is 29.5 Å². The number of nitrogens with two attached hydrogens (primary N) is 1. The highest BCUT2D eigenvalue weighted by molar-refractivity contribution is 7.93. The van der Waals surface area contributed by atoms with Gasteiger partial charge < -0.3 is 5.73 Å². The Morgan fingerprint density at radius 1 is 1.25 bits per heavy atom. The van der Waals surface area contributed by atoms with Gasteiger partial charge in [-0.3, -0.25) is 0 Å². The van der Waals surface area contributed by atoms with E-state index in [4.69, 9.17) is 17.3 Å². The molecule has 0 radical (unpaired) electrons. The summed E-state index contributed by atoms with van der Waals surface area (Å²) in [5.74, 6) is 0. The molecule has 0 spiro atoms. The number of rotatable bonds is 2. The van der Waals surface area contributed by atoms with E-state index in [9.17, 15) is 8.42 Å². The van der Waals surface area contributed by atoms with E-state index in [1.54, 1.807) is 17.5 Å². The van der Waals surface area contributed by atoms with Gasteiger partial charge in [-0.15, -0.1) is 11.3 Å². The van der Waals surface area contributed by atoms with Crippen molar-refractivity contribution in [3.05, 3.63) is 40.7 Å². The number of halogens is 1. The molecule has 0 saturated heterocycles. The molecule has 2 aromatic rings. The first-order valence-electron chi connectivity index (χ1n) is 4.35. The Morgan fingerprint density at radius 2 is 2.00 bits per heavy atom. The molecule has 16 heavy (non-hydrogen) atoms. The molecule has 1 aromatic heterocycles. The predicted molar refractivity (Wildman–Crippen MR) is 65.6 cm³/mol. The smallest absolute Gasteiger partial charge is 0.216 e. The summed E-state index contributed by atoms with van der Waals surface area (Å²) in [6.07, 6.45) is 0. The van der Waals surface area contributed by atoms with Crippen molar-refractivity contribution in [3.63, 3.8) is 0 Å². The van der Waals surface area contributed by atoms with Crippen molar-refractivity contribution in [1.82, 2.24) is 0 Å². The van der Waals surface area contributed by atoms with Crippen LogP contribution in [0.3, 0.4) is 0 Å². The minimum absolute atomic E-state index is 0.161. The first-order chi connectivity index (χ1) is 7.51. The Kier molecular flexibility index (Phi) is 2.92. The number of hydrogen-bond acceptors (Lipinski definition) is 4. The van der Waals surface area contributed by atoms with E-state index in [1.807, 2.05) is 0 Å². The van der Waals surface area contributed by atoms with Crippen LogP contribution < -0.4 is 5.73 Å². The van der Waals surface area contributed by atoms with Crippen LogP contribution in [-0.2, 0) is 9.84 Å². The lowest BCUT2D eigenvalue weighted by Crippen LogP contribution is -2.00. The van der Waals surface area contributed by atoms with Gasteiger partial charge in [0.05, 0.1) is 15.6 Å². The lowest BCUT2D eigenvalue weighted by Gasteiger charge is -2.03. The van der Waals surface area contributed by atoms with Crippen LogP contribution in [0.2, 0.25) is 5.02 Å². The van der Waals surface area contributed by atoms with Crippen molar-refractivity contribution in [1.29, 1.82) is 0 Å². The second kappa shape index (κ2) is 4.08. The van der Waals surface area contributed by atoms with Crippen LogP contribution in [0, 0.1) is 0 Å². The second-order valence-corrected chi connectivity index (χ2v) is 6.65. The first-order valence-corrected chi connectivity index (χ1v) is 7.09. The van der Waals surface area contributed by atoms with Gasteiger partial charge in [-0.1, -0.05) is 17.7 Å². The van der Waals surface area contributed by atoms with E-state index in [0.29, 0.717) is 9.90 Å². The van der Waals surface area contributed by atoms with Gasteiger partial charge in [0.2, 0.25) is 9.84 Å². The molecule has 0 aliphatic carbocycles. The largest absolute Gasteiger partial charge is 0.398 e. The molecule has 0 atom stereocenters. The summed E-state index contributed by atoms with van der Waals surface area (Å²) < 4.78 is 24.4. The topological polar surface area (TPSA) is 60.2 Å². The lowest BCUT2D eigenvalue weighted by molar-refractivity contribution is 0.598. The van der Waals surface area contributed by atoms with Gasteiger partial charge >= 0.3 is 0 Å². The van der Waals surface area contributed by atoms with E-state index in [0.717, 1.165) is 0 Å². The molecule has 0 saturated carbocycles. The molecule has 0 bridgehead atoms. The third-order valence-corrected chi connectivity index (χ3v) is 5.52. The van der Waals surface area contributed by atoms with E-state index in [-0.39, 0.29) is 9.92 Å². The monoisotopic (exact) mass is 273 g/mol. The van der Waals surface area contributed by atoms with Crippen molar-refractivity contribution in [2.45, 2.75) is 9.10 Å². The van der Waals surface area contributed by atoms with Crippen LogP contribution >= 0.6 is 22.9 Å². The summed E-state index contributed by atoms with van der Waals surface area (Å²) >= 11 is 6.97. The van der Waals surface area contributed by atoms with Crippen LogP contribution in [0.4, 0.5) is 5.69 Å². The van der Waals surface area contributed by atoms with E-state index < -0.39 is 9.84 Å². The fourth-order valence-electron chi connectivity index (χ4n) is 1.21. The third-order valence-electron chi connectivity index (χ3n) is 2.04. The number of thiophene rings is 1. The van der Waals surface area contributed by atoms with Crippen molar-refractivity contribution in [3.8, 4) is 0 Å². The fraction of sp³-hybridized carbons (Fsp3) is 0. The van der Waals surface area contributed by atoms with Crippen LogP contribution in [0.15, 0.2) is 44.8 Å². The maximum atomic E-state index is 12.1. The molecule has 84 valence electrons. The Bertz CT molecular complexity index is 606. The molecule has 1 aromatic carbocycles. The van der Waals surface area contributed by atoms with Crippen molar-refractivity contribution in [2.24, 2.45) is 0 Å². The van der Waals surface area contributed by atoms with Crippen molar-refractivity contribution >= 4 is 38.5 Å². The van der Waals surface area contributed by atoms with Gasteiger partial charge in [0.15, 0.2) is 0 Å². The molecule has 6 heteroatoms. The standard InChI is InChI=1S/C10H8ClNO2S2/c11-8-6-7(3-4-9(8)12)16(13,14)10-2-1-5-15-10/h1-6H,12H2. The highest BCUT2D eigenvalue weighted by Crippen LogP contribution is 2.28. The molecule has 1 heterocycles.